The first-order valence-electron chi connectivity index (χ1n) is 7.16. The molecule has 2 aliphatic rings. The lowest BCUT2D eigenvalue weighted by Crippen LogP contribution is -2.41. The van der Waals surface area contributed by atoms with Crippen molar-refractivity contribution in [2.24, 2.45) is 23.0 Å². The highest BCUT2D eigenvalue weighted by Crippen LogP contribution is 2.46. The molecule has 102 valence electrons. The Labute approximate surface area is 115 Å². The average molecular weight is 268 g/mol. The summed E-state index contributed by atoms with van der Waals surface area (Å²) in [7, 11) is 0. The van der Waals surface area contributed by atoms with Gasteiger partial charge in [-0.3, -0.25) is 4.79 Å². The lowest BCUT2D eigenvalue weighted by molar-refractivity contribution is -0.124. The Morgan fingerprint density at radius 1 is 1.28 bits per heavy atom. The van der Waals surface area contributed by atoms with Crippen LogP contribution in [0.1, 0.15) is 51.9 Å². The Balaban J connectivity index is 1.73. The van der Waals surface area contributed by atoms with Gasteiger partial charge in [0.2, 0.25) is 5.91 Å². The lowest BCUT2D eigenvalue weighted by atomic mass is 9.81. The number of thiocarbonyl (C=S) groups is 1. The molecule has 4 heteroatoms. The quantitative estimate of drug-likeness (QED) is 0.753. The average Bonchev–Trinajstić information content (AvgIpc) is 3.18. The normalized spacial score (nSPS) is 29.6. The number of hydrogen-bond acceptors (Lipinski definition) is 2. The van der Waals surface area contributed by atoms with Gasteiger partial charge in [0.05, 0.1) is 10.4 Å². The predicted octanol–water partition coefficient (Wildman–Crippen LogP) is 2.39. The van der Waals surface area contributed by atoms with Gasteiger partial charge >= 0.3 is 0 Å². The molecule has 0 heterocycles. The number of nitrogens with one attached hydrogen (secondary N) is 1. The SMILES string of the molecule is CCC1CCC(CNC(=O)C2(C(N)=S)CC2)CC1. The summed E-state index contributed by atoms with van der Waals surface area (Å²) in [6.45, 7) is 3.07. The zero-order valence-corrected chi connectivity index (χ0v) is 12.0. The fourth-order valence-corrected chi connectivity index (χ4v) is 3.26. The van der Waals surface area contributed by atoms with E-state index in [2.05, 4.69) is 12.2 Å². The zero-order chi connectivity index (χ0) is 13.2. The van der Waals surface area contributed by atoms with E-state index in [-0.39, 0.29) is 5.91 Å². The molecule has 0 aromatic heterocycles. The molecular formula is C14H24N2OS. The topological polar surface area (TPSA) is 55.1 Å². The van der Waals surface area contributed by atoms with Crippen LogP contribution >= 0.6 is 12.2 Å². The largest absolute Gasteiger partial charge is 0.392 e. The third-order valence-electron chi connectivity index (χ3n) is 4.75. The van der Waals surface area contributed by atoms with E-state index in [0.717, 1.165) is 25.3 Å². The molecule has 2 aliphatic carbocycles. The second kappa shape index (κ2) is 5.55. The number of hydrogen-bond donors (Lipinski definition) is 2. The van der Waals surface area contributed by atoms with E-state index in [1.54, 1.807) is 0 Å². The van der Waals surface area contributed by atoms with Crippen molar-refractivity contribution in [2.75, 3.05) is 6.54 Å². The van der Waals surface area contributed by atoms with Crippen LogP contribution in [0.5, 0.6) is 0 Å². The number of carbonyl (C=O) groups excluding carboxylic acids is 1. The maximum Gasteiger partial charge on any atom is 0.233 e. The molecule has 0 saturated heterocycles. The molecule has 0 spiro atoms. The van der Waals surface area contributed by atoms with Crippen LogP contribution in [0.3, 0.4) is 0 Å². The van der Waals surface area contributed by atoms with Gasteiger partial charge in [0.1, 0.15) is 0 Å². The van der Waals surface area contributed by atoms with Crippen LogP contribution in [0.25, 0.3) is 0 Å². The molecule has 1 amide bonds. The van der Waals surface area contributed by atoms with Crippen molar-refractivity contribution in [1.29, 1.82) is 0 Å². The molecule has 3 nitrogen and oxygen atoms in total. The van der Waals surface area contributed by atoms with Gasteiger partial charge in [0, 0.05) is 6.54 Å². The van der Waals surface area contributed by atoms with E-state index < -0.39 is 5.41 Å². The molecule has 0 aromatic rings. The number of nitrogens with two attached hydrogens (primary N) is 1. The van der Waals surface area contributed by atoms with Crippen molar-refractivity contribution < 1.29 is 4.79 Å². The summed E-state index contributed by atoms with van der Waals surface area (Å²) >= 11 is 4.99. The summed E-state index contributed by atoms with van der Waals surface area (Å²) in [5.41, 5.74) is 5.16. The summed E-state index contributed by atoms with van der Waals surface area (Å²) in [5, 5.41) is 3.06. The Hall–Kier alpha value is -0.640. The summed E-state index contributed by atoms with van der Waals surface area (Å²) in [6, 6.07) is 0. The molecule has 0 atom stereocenters. The van der Waals surface area contributed by atoms with Crippen molar-refractivity contribution in [3.05, 3.63) is 0 Å². The Kier molecular flexibility index (Phi) is 4.25. The first kappa shape index (κ1) is 13.8. The van der Waals surface area contributed by atoms with Crippen LogP contribution in [-0.4, -0.2) is 17.4 Å². The molecule has 3 N–H and O–H groups in total. The molecule has 2 fully saturated rings. The second-order valence-electron chi connectivity index (χ2n) is 5.95. The summed E-state index contributed by atoms with van der Waals surface area (Å²) in [4.78, 5) is 12.4. The van der Waals surface area contributed by atoms with Gasteiger partial charge in [-0.25, -0.2) is 0 Å². The van der Waals surface area contributed by atoms with E-state index in [1.165, 1.54) is 32.1 Å². The van der Waals surface area contributed by atoms with Crippen molar-refractivity contribution in [2.45, 2.75) is 51.9 Å². The smallest absolute Gasteiger partial charge is 0.233 e. The van der Waals surface area contributed by atoms with Crippen LogP contribution in [0.4, 0.5) is 0 Å². The first-order valence-corrected chi connectivity index (χ1v) is 7.57. The molecule has 0 radical (unpaired) electrons. The van der Waals surface area contributed by atoms with Gasteiger partial charge in [-0.05, 0) is 37.5 Å². The van der Waals surface area contributed by atoms with Gasteiger partial charge in [-0.15, -0.1) is 0 Å². The summed E-state index contributed by atoms with van der Waals surface area (Å²) in [5.74, 6) is 1.62. The molecule has 2 saturated carbocycles. The number of carbonyl (C=O) groups is 1. The third-order valence-corrected chi connectivity index (χ3v) is 5.14. The van der Waals surface area contributed by atoms with Gasteiger partial charge in [-0.1, -0.05) is 38.4 Å². The Morgan fingerprint density at radius 2 is 1.83 bits per heavy atom. The Bertz CT molecular complexity index is 331. The van der Waals surface area contributed by atoms with E-state index >= 15 is 0 Å². The molecule has 0 aliphatic heterocycles. The lowest BCUT2D eigenvalue weighted by Gasteiger charge is -2.28. The van der Waals surface area contributed by atoms with E-state index in [0.29, 0.717) is 10.9 Å². The van der Waals surface area contributed by atoms with E-state index in [4.69, 9.17) is 18.0 Å². The van der Waals surface area contributed by atoms with Crippen molar-refractivity contribution in [3.8, 4) is 0 Å². The summed E-state index contributed by atoms with van der Waals surface area (Å²) < 4.78 is 0. The third kappa shape index (κ3) is 2.85. The highest BCUT2D eigenvalue weighted by Gasteiger charge is 2.52. The monoisotopic (exact) mass is 268 g/mol. The number of amides is 1. The van der Waals surface area contributed by atoms with Gasteiger partial charge < -0.3 is 11.1 Å². The molecule has 2 rings (SSSR count). The highest BCUT2D eigenvalue weighted by molar-refractivity contribution is 7.80. The first-order chi connectivity index (χ1) is 8.58. The van der Waals surface area contributed by atoms with Crippen LogP contribution in [0.2, 0.25) is 0 Å². The minimum Gasteiger partial charge on any atom is -0.392 e. The standard InChI is InChI=1S/C14H24N2OS/c1-2-10-3-5-11(6-4-10)9-16-13(17)14(7-8-14)12(15)18/h10-11H,2-9H2,1H3,(H2,15,18)(H,16,17). The fourth-order valence-electron chi connectivity index (χ4n) is 2.96. The van der Waals surface area contributed by atoms with Crippen LogP contribution in [0.15, 0.2) is 0 Å². The van der Waals surface area contributed by atoms with Crippen LogP contribution < -0.4 is 11.1 Å². The van der Waals surface area contributed by atoms with Crippen LogP contribution in [-0.2, 0) is 4.79 Å². The minimum absolute atomic E-state index is 0.0626. The maximum atomic E-state index is 12.1. The van der Waals surface area contributed by atoms with Gasteiger partial charge in [-0.2, -0.15) is 0 Å². The van der Waals surface area contributed by atoms with Crippen molar-refractivity contribution >= 4 is 23.1 Å². The second-order valence-corrected chi connectivity index (χ2v) is 6.39. The summed E-state index contributed by atoms with van der Waals surface area (Å²) in [6.07, 6.45) is 8.09. The predicted molar refractivity (Wildman–Crippen MR) is 77.2 cm³/mol. The van der Waals surface area contributed by atoms with Crippen LogP contribution in [0, 0.1) is 17.3 Å². The maximum absolute atomic E-state index is 12.1. The molecular weight excluding hydrogens is 244 g/mol. The fraction of sp³-hybridized carbons (Fsp3) is 0.857. The molecule has 18 heavy (non-hydrogen) atoms. The highest BCUT2D eigenvalue weighted by atomic mass is 32.1. The molecule has 0 unspecified atom stereocenters. The van der Waals surface area contributed by atoms with Crippen molar-refractivity contribution in [3.63, 3.8) is 0 Å². The minimum atomic E-state index is -0.490. The molecule has 0 bridgehead atoms. The van der Waals surface area contributed by atoms with Crippen molar-refractivity contribution in [1.82, 2.24) is 5.32 Å². The molecule has 0 aromatic carbocycles. The van der Waals surface area contributed by atoms with E-state index in [1.807, 2.05) is 0 Å². The Morgan fingerprint density at radius 3 is 2.28 bits per heavy atom. The van der Waals surface area contributed by atoms with Gasteiger partial charge in [0.25, 0.3) is 0 Å². The van der Waals surface area contributed by atoms with Gasteiger partial charge in [0.15, 0.2) is 0 Å². The number of rotatable bonds is 5. The zero-order valence-electron chi connectivity index (χ0n) is 11.2. The van der Waals surface area contributed by atoms with E-state index in [9.17, 15) is 4.79 Å².